The molecule has 6 nitrogen and oxygen atoms in total. The largest absolute Gasteiger partial charge is 0.495 e. The van der Waals surface area contributed by atoms with Gasteiger partial charge in [0.25, 0.3) is 0 Å². The van der Waals surface area contributed by atoms with Crippen LogP contribution >= 0.6 is 11.3 Å². The van der Waals surface area contributed by atoms with Gasteiger partial charge in [0.2, 0.25) is 10.0 Å². The third-order valence-electron chi connectivity index (χ3n) is 3.20. The number of halogens is 1. The van der Waals surface area contributed by atoms with Crippen LogP contribution in [0.2, 0.25) is 0 Å². The lowest BCUT2D eigenvalue weighted by Gasteiger charge is -2.18. The van der Waals surface area contributed by atoms with Gasteiger partial charge in [-0.15, -0.1) is 0 Å². The minimum Gasteiger partial charge on any atom is -0.495 e. The standard InChI is InChI=1S/C15H18FNO5S2/c1-21-13-3-2-12(16)8-15(13)24(19,20)17-9-14(22-6-5-18)11-4-7-23-10-11/h2-4,7-8,10,14,17-18H,5-6,9H2,1H3/t14-/m0/s1. The molecule has 0 aliphatic rings. The normalized spacial score (nSPS) is 13.0. The molecule has 0 aliphatic heterocycles. The van der Waals surface area contributed by atoms with E-state index in [0.29, 0.717) is 0 Å². The highest BCUT2D eigenvalue weighted by Gasteiger charge is 2.23. The van der Waals surface area contributed by atoms with E-state index in [4.69, 9.17) is 14.6 Å². The first-order chi connectivity index (χ1) is 11.5. The molecule has 0 saturated carbocycles. The molecule has 0 bridgehead atoms. The van der Waals surface area contributed by atoms with Gasteiger partial charge in [-0.2, -0.15) is 11.3 Å². The predicted molar refractivity (Wildman–Crippen MR) is 88.2 cm³/mol. The number of nitrogens with one attached hydrogen (secondary N) is 1. The van der Waals surface area contributed by atoms with E-state index in [9.17, 15) is 12.8 Å². The lowest BCUT2D eigenvalue weighted by Crippen LogP contribution is -2.30. The first-order valence-electron chi connectivity index (χ1n) is 7.05. The van der Waals surface area contributed by atoms with Crippen molar-refractivity contribution in [2.75, 3.05) is 26.9 Å². The first kappa shape index (κ1) is 18.8. The number of aliphatic hydroxyl groups is 1. The number of benzene rings is 1. The molecular formula is C15H18FNO5S2. The smallest absolute Gasteiger partial charge is 0.244 e. The van der Waals surface area contributed by atoms with E-state index < -0.39 is 21.9 Å². The van der Waals surface area contributed by atoms with Crippen molar-refractivity contribution in [3.8, 4) is 5.75 Å². The van der Waals surface area contributed by atoms with E-state index in [0.717, 1.165) is 17.7 Å². The van der Waals surface area contributed by atoms with Gasteiger partial charge in [0.1, 0.15) is 16.5 Å². The molecule has 2 aromatic rings. The number of hydrogen-bond donors (Lipinski definition) is 2. The lowest BCUT2D eigenvalue weighted by atomic mass is 10.2. The van der Waals surface area contributed by atoms with Crippen LogP contribution in [0.5, 0.6) is 5.75 Å². The van der Waals surface area contributed by atoms with Crippen LogP contribution in [0.1, 0.15) is 11.7 Å². The summed E-state index contributed by atoms with van der Waals surface area (Å²) in [6.07, 6.45) is -0.558. The van der Waals surface area contributed by atoms with Crippen molar-refractivity contribution in [3.63, 3.8) is 0 Å². The quantitative estimate of drug-likeness (QED) is 0.700. The molecule has 0 aliphatic carbocycles. The van der Waals surface area contributed by atoms with Crippen molar-refractivity contribution in [2.24, 2.45) is 0 Å². The Morgan fingerprint density at radius 3 is 2.79 bits per heavy atom. The summed E-state index contributed by atoms with van der Waals surface area (Å²) in [5.74, 6) is -0.630. The Balaban J connectivity index is 2.17. The molecule has 1 aromatic heterocycles. The van der Waals surface area contributed by atoms with E-state index in [1.807, 2.05) is 16.8 Å². The number of aliphatic hydroxyl groups excluding tert-OH is 1. The zero-order valence-electron chi connectivity index (χ0n) is 12.9. The van der Waals surface area contributed by atoms with E-state index in [1.165, 1.54) is 24.5 Å². The van der Waals surface area contributed by atoms with Crippen molar-refractivity contribution in [2.45, 2.75) is 11.0 Å². The van der Waals surface area contributed by atoms with Gasteiger partial charge in [-0.3, -0.25) is 0 Å². The van der Waals surface area contributed by atoms with Crippen LogP contribution in [-0.2, 0) is 14.8 Å². The van der Waals surface area contributed by atoms with Crippen molar-refractivity contribution in [1.29, 1.82) is 0 Å². The summed E-state index contributed by atoms with van der Waals surface area (Å²) in [5.41, 5.74) is 0.794. The monoisotopic (exact) mass is 375 g/mol. The second-order valence-electron chi connectivity index (χ2n) is 4.79. The van der Waals surface area contributed by atoms with Crippen LogP contribution < -0.4 is 9.46 Å². The molecule has 24 heavy (non-hydrogen) atoms. The van der Waals surface area contributed by atoms with Crippen molar-refractivity contribution < 1.29 is 27.4 Å². The average molecular weight is 375 g/mol. The van der Waals surface area contributed by atoms with E-state index >= 15 is 0 Å². The third kappa shape index (κ3) is 4.74. The first-order valence-corrected chi connectivity index (χ1v) is 9.48. The number of sulfonamides is 1. The molecule has 0 spiro atoms. The summed E-state index contributed by atoms with van der Waals surface area (Å²) >= 11 is 1.45. The molecule has 0 radical (unpaired) electrons. The summed E-state index contributed by atoms with van der Waals surface area (Å²) in [6, 6.07) is 5.08. The van der Waals surface area contributed by atoms with Gasteiger partial charge in [0, 0.05) is 6.54 Å². The summed E-state index contributed by atoms with van der Waals surface area (Å²) in [5, 5.41) is 12.6. The Morgan fingerprint density at radius 2 is 2.17 bits per heavy atom. The highest BCUT2D eigenvalue weighted by molar-refractivity contribution is 7.89. The minimum atomic E-state index is -3.99. The van der Waals surface area contributed by atoms with Gasteiger partial charge in [-0.25, -0.2) is 17.5 Å². The van der Waals surface area contributed by atoms with Gasteiger partial charge in [-0.05, 0) is 40.6 Å². The predicted octanol–water partition coefficient (Wildman–Crippen LogP) is 1.92. The Morgan fingerprint density at radius 1 is 1.38 bits per heavy atom. The van der Waals surface area contributed by atoms with Crippen LogP contribution in [-0.4, -0.2) is 40.4 Å². The molecule has 132 valence electrons. The third-order valence-corrected chi connectivity index (χ3v) is 5.35. The van der Waals surface area contributed by atoms with Gasteiger partial charge in [0.15, 0.2) is 0 Å². The van der Waals surface area contributed by atoms with Crippen LogP contribution in [0.3, 0.4) is 0 Å². The Kier molecular flexibility index (Phi) is 6.69. The molecule has 1 heterocycles. The van der Waals surface area contributed by atoms with Gasteiger partial charge >= 0.3 is 0 Å². The zero-order valence-corrected chi connectivity index (χ0v) is 14.6. The summed E-state index contributed by atoms with van der Waals surface area (Å²) in [7, 11) is -2.68. The summed E-state index contributed by atoms with van der Waals surface area (Å²) in [4.78, 5) is -0.281. The Hall–Kier alpha value is -1.52. The zero-order chi connectivity index (χ0) is 17.6. The molecule has 0 fully saturated rings. The minimum absolute atomic E-state index is 0.0484. The highest BCUT2D eigenvalue weighted by Crippen LogP contribution is 2.25. The molecule has 1 atom stereocenters. The van der Waals surface area contributed by atoms with Crippen LogP contribution in [0, 0.1) is 5.82 Å². The molecule has 2 rings (SSSR count). The van der Waals surface area contributed by atoms with Crippen LogP contribution in [0.25, 0.3) is 0 Å². The SMILES string of the molecule is COc1ccc(F)cc1S(=O)(=O)NC[C@H](OCCO)c1ccsc1. The molecule has 0 saturated heterocycles. The fourth-order valence-electron chi connectivity index (χ4n) is 2.05. The van der Waals surface area contributed by atoms with Gasteiger partial charge in [-0.1, -0.05) is 0 Å². The fraction of sp³-hybridized carbons (Fsp3) is 0.333. The molecule has 9 heteroatoms. The molecule has 1 aromatic carbocycles. The maximum atomic E-state index is 13.4. The fourth-order valence-corrected chi connectivity index (χ4v) is 3.96. The molecular weight excluding hydrogens is 357 g/mol. The summed E-state index contributed by atoms with van der Waals surface area (Å²) in [6.45, 7) is -0.157. The van der Waals surface area contributed by atoms with Crippen molar-refractivity contribution >= 4 is 21.4 Å². The summed E-state index contributed by atoms with van der Waals surface area (Å²) < 4.78 is 51.2. The lowest BCUT2D eigenvalue weighted by molar-refractivity contribution is 0.0311. The van der Waals surface area contributed by atoms with Crippen molar-refractivity contribution in [3.05, 3.63) is 46.4 Å². The highest BCUT2D eigenvalue weighted by atomic mass is 32.2. The van der Waals surface area contributed by atoms with Gasteiger partial charge < -0.3 is 14.6 Å². The maximum Gasteiger partial charge on any atom is 0.244 e. The average Bonchev–Trinajstić information content (AvgIpc) is 3.09. The number of thiophene rings is 1. The maximum absolute atomic E-state index is 13.4. The Bertz CT molecular complexity index is 749. The van der Waals surface area contributed by atoms with Gasteiger partial charge in [0.05, 0.1) is 26.4 Å². The number of hydrogen-bond acceptors (Lipinski definition) is 6. The molecule has 2 N–H and O–H groups in total. The van der Waals surface area contributed by atoms with Crippen LogP contribution in [0.4, 0.5) is 4.39 Å². The van der Waals surface area contributed by atoms with E-state index in [1.54, 1.807) is 0 Å². The van der Waals surface area contributed by atoms with E-state index in [-0.39, 0.29) is 30.4 Å². The number of methoxy groups -OCH3 is 1. The second-order valence-corrected chi connectivity index (χ2v) is 7.30. The van der Waals surface area contributed by atoms with Crippen molar-refractivity contribution in [1.82, 2.24) is 4.72 Å². The second kappa shape index (κ2) is 8.54. The number of ether oxygens (including phenoxy) is 2. The van der Waals surface area contributed by atoms with E-state index in [2.05, 4.69) is 4.72 Å². The Labute approximate surface area is 143 Å². The number of rotatable bonds is 9. The van der Waals surface area contributed by atoms with Crippen LogP contribution in [0.15, 0.2) is 39.9 Å². The topological polar surface area (TPSA) is 84.9 Å². The molecule has 0 unspecified atom stereocenters. The molecule has 0 amide bonds.